The van der Waals surface area contributed by atoms with Crippen molar-refractivity contribution in [3.63, 3.8) is 0 Å². The minimum Gasteiger partial charge on any atom is -0.497 e. The maximum Gasteiger partial charge on any atom is 0.282 e. The van der Waals surface area contributed by atoms with Gasteiger partial charge in [-0.1, -0.05) is 35.9 Å². The van der Waals surface area contributed by atoms with Crippen LogP contribution in [0.25, 0.3) is 5.57 Å². The number of methoxy groups -OCH3 is 1. The lowest BCUT2D eigenvalue weighted by molar-refractivity contribution is -0.120. The SMILES string of the molecule is CCN(CC)c1ccc(NC2=C(c3ccc(C)cc3)C(=O)N(c3cccc(OC)c3)C2=O)cc1. The zero-order valence-corrected chi connectivity index (χ0v) is 20.0. The Labute approximate surface area is 200 Å². The fourth-order valence-corrected chi connectivity index (χ4v) is 4.11. The summed E-state index contributed by atoms with van der Waals surface area (Å²) in [6, 6.07) is 22.5. The molecule has 6 nitrogen and oxygen atoms in total. The van der Waals surface area contributed by atoms with Gasteiger partial charge in [0.2, 0.25) is 0 Å². The maximum atomic E-state index is 13.6. The smallest absolute Gasteiger partial charge is 0.282 e. The first-order valence-electron chi connectivity index (χ1n) is 11.4. The highest BCUT2D eigenvalue weighted by Crippen LogP contribution is 2.35. The fraction of sp³-hybridized carbons (Fsp3) is 0.214. The number of ether oxygens (including phenoxy) is 1. The highest BCUT2D eigenvalue weighted by molar-refractivity contribution is 6.46. The van der Waals surface area contributed by atoms with Crippen molar-refractivity contribution in [1.82, 2.24) is 0 Å². The van der Waals surface area contributed by atoms with Gasteiger partial charge < -0.3 is 15.0 Å². The Morgan fingerprint density at radius 3 is 2.18 bits per heavy atom. The van der Waals surface area contributed by atoms with Crippen LogP contribution in [0, 0.1) is 6.92 Å². The van der Waals surface area contributed by atoms with E-state index in [1.165, 1.54) is 4.90 Å². The molecule has 34 heavy (non-hydrogen) atoms. The third-order valence-corrected chi connectivity index (χ3v) is 6.00. The highest BCUT2D eigenvalue weighted by atomic mass is 16.5. The summed E-state index contributed by atoms with van der Waals surface area (Å²) in [4.78, 5) is 30.6. The molecular weight excluding hydrogens is 426 g/mol. The van der Waals surface area contributed by atoms with Crippen molar-refractivity contribution in [2.24, 2.45) is 0 Å². The van der Waals surface area contributed by atoms with Crippen LogP contribution >= 0.6 is 0 Å². The molecule has 4 rings (SSSR count). The van der Waals surface area contributed by atoms with Crippen LogP contribution in [0.2, 0.25) is 0 Å². The van der Waals surface area contributed by atoms with Crippen molar-refractivity contribution >= 4 is 34.4 Å². The van der Waals surface area contributed by atoms with E-state index in [0.717, 1.165) is 30.0 Å². The predicted molar refractivity (Wildman–Crippen MR) is 137 cm³/mol. The molecule has 3 aromatic carbocycles. The van der Waals surface area contributed by atoms with E-state index in [4.69, 9.17) is 4.74 Å². The fourth-order valence-electron chi connectivity index (χ4n) is 4.11. The second-order valence-electron chi connectivity index (χ2n) is 8.11. The van der Waals surface area contributed by atoms with Gasteiger partial charge in [-0.05, 0) is 62.7 Å². The Balaban J connectivity index is 1.74. The first-order valence-corrected chi connectivity index (χ1v) is 11.4. The van der Waals surface area contributed by atoms with Gasteiger partial charge in [0.15, 0.2) is 0 Å². The second-order valence-corrected chi connectivity index (χ2v) is 8.11. The summed E-state index contributed by atoms with van der Waals surface area (Å²) in [6.45, 7) is 8.04. The van der Waals surface area contributed by atoms with Crippen molar-refractivity contribution in [2.75, 3.05) is 35.3 Å². The first kappa shape index (κ1) is 23.1. The van der Waals surface area contributed by atoms with E-state index in [0.29, 0.717) is 22.6 Å². The minimum atomic E-state index is -0.401. The summed E-state index contributed by atoms with van der Waals surface area (Å²) >= 11 is 0. The van der Waals surface area contributed by atoms with Crippen LogP contribution in [0.15, 0.2) is 78.5 Å². The van der Waals surface area contributed by atoms with Crippen molar-refractivity contribution in [1.29, 1.82) is 0 Å². The number of imide groups is 1. The number of anilines is 3. The zero-order valence-electron chi connectivity index (χ0n) is 20.0. The first-order chi connectivity index (χ1) is 16.5. The molecule has 1 aliphatic rings. The lowest BCUT2D eigenvalue weighted by atomic mass is 10.0. The molecule has 0 saturated carbocycles. The van der Waals surface area contributed by atoms with E-state index < -0.39 is 5.91 Å². The third-order valence-electron chi connectivity index (χ3n) is 6.00. The minimum absolute atomic E-state index is 0.257. The van der Waals surface area contributed by atoms with E-state index >= 15 is 0 Å². The number of hydrogen-bond donors (Lipinski definition) is 1. The lowest BCUT2D eigenvalue weighted by Crippen LogP contribution is -2.32. The molecule has 0 fully saturated rings. The van der Waals surface area contributed by atoms with E-state index in [9.17, 15) is 9.59 Å². The van der Waals surface area contributed by atoms with Gasteiger partial charge in [-0.25, -0.2) is 4.90 Å². The molecular formula is C28H29N3O3. The van der Waals surface area contributed by atoms with Crippen LogP contribution in [0.4, 0.5) is 17.1 Å². The molecule has 0 radical (unpaired) electrons. The van der Waals surface area contributed by atoms with E-state index in [2.05, 4.69) is 24.1 Å². The van der Waals surface area contributed by atoms with Crippen LogP contribution in [-0.2, 0) is 9.59 Å². The molecule has 174 valence electrons. The molecule has 0 aromatic heterocycles. The molecule has 0 unspecified atom stereocenters. The number of nitrogens with zero attached hydrogens (tertiary/aromatic N) is 2. The summed E-state index contributed by atoms with van der Waals surface area (Å²) in [5, 5.41) is 3.23. The Kier molecular flexibility index (Phi) is 6.68. The van der Waals surface area contributed by atoms with E-state index in [-0.39, 0.29) is 11.6 Å². The number of carbonyl (C=O) groups excluding carboxylic acids is 2. The van der Waals surface area contributed by atoms with Gasteiger partial charge in [-0.15, -0.1) is 0 Å². The Bertz CT molecular complexity index is 1230. The Morgan fingerprint density at radius 1 is 0.882 bits per heavy atom. The summed E-state index contributed by atoms with van der Waals surface area (Å²) in [5.41, 5.74) is 4.68. The molecule has 0 saturated heterocycles. The average molecular weight is 456 g/mol. The van der Waals surface area contributed by atoms with Crippen molar-refractivity contribution < 1.29 is 14.3 Å². The quantitative estimate of drug-likeness (QED) is 0.470. The van der Waals surface area contributed by atoms with Crippen molar-refractivity contribution in [3.8, 4) is 5.75 Å². The summed E-state index contributed by atoms with van der Waals surface area (Å²) in [6.07, 6.45) is 0. The predicted octanol–water partition coefficient (Wildman–Crippen LogP) is 5.25. The van der Waals surface area contributed by atoms with Gasteiger partial charge >= 0.3 is 0 Å². The van der Waals surface area contributed by atoms with Crippen LogP contribution in [0.1, 0.15) is 25.0 Å². The monoisotopic (exact) mass is 455 g/mol. The topological polar surface area (TPSA) is 61.9 Å². The summed E-state index contributed by atoms with van der Waals surface area (Å²) in [7, 11) is 1.55. The van der Waals surface area contributed by atoms with Gasteiger partial charge in [-0.2, -0.15) is 0 Å². The second kappa shape index (κ2) is 9.83. The van der Waals surface area contributed by atoms with Crippen LogP contribution in [-0.4, -0.2) is 32.0 Å². The lowest BCUT2D eigenvalue weighted by Gasteiger charge is -2.21. The normalized spacial score (nSPS) is 13.5. The van der Waals surface area contributed by atoms with Crippen LogP contribution < -0.4 is 19.9 Å². The molecule has 1 heterocycles. The number of carbonyl (C=O) groups is 2. The number of nitrogens with one attached hydrogen (secondary N) is 1. The molecule has 6 heteroatoms. The van der Waals surface area contributed by atoms with Gasteiger partial charge in [0, 0.05) is 30.5 Å². The molecule has 0 atom stereocenters. The third kappa shape index (κ3) is 4.39. The van der Waals surface area contributed by atoms with Crippen molar-refractivity contribution in [2.45, 2.75) is 20.8 Å². The number of aryl methyl sites for hydroxylation is 1. The number of rotatable bonds is 8. The largest absolute Gasteiger partial charge is 0.497 e. The molecule has 0 bridgehead atoms. The van der Waals surface area contributed by atoms with Crippen LogP contribution in [0.3, 0.4) is 0 Å². The summed E-state index contributed by atoms with van der Waals surface area (Å²) in [5.74, 6) is -0.200. The maximum absolute atomic E-state index is 13.6. The molecule has 2 amide bonds. The average Bonchev–Trinajstić information content (AvgIpc) is 3.10. The Morgan fingerprint density at radius 2 is 1.56 bits per heavy atom. The number of hydrogen-bond acceptors (Lipinski definition) is 5. The number of amides is 2. The molecule has 0 spiro atoms. The molecule has 0 aliphatic carbocycles. The molecule has 3 aromatic rings. The van der Waals surface area contributed by atoms with E-state index in [1.807, 2.05) is 55.5 Å². The van der Waals surface area contributed by atoms with Gasteiger partial charge in [0.05, 0.1) is 18.4 Å². The molecule has 1 N–H and O–H groups in total. The number of benzene rings is 3. The standard InChI is InChI=1S/C28H29N3O3/c1-5-30(6-2)22-16-14-21(15-17-22)29-26-25(20-12-10-19(3)11-13-20)27(32)31(28(26)33)23-8-7-9-24(18-23)34-4/h7-18,29H,5-6H2,1-4H3. The highest BCUT2D eigenvalue weighted by Gasteiger charge is 2.40. The van der Waals surface area contributed by atoms with Gasteiger partial charge in [0.25, 0.3) is 11.8 Å². The zero-order chi connectivity index (χ0) is 24.2. The van der Waals surface area contributed by atoms with Gasteiger partial charge in [-0.3, -0.25) is 9.59 Å². The molecule has 1 aliphatic heterocycles. The summed E-state index contributed by atoms with van der Waals surface area (Å²) < 4.78 is 5.30. The van der Waals surface area contributed by atoms with Crippen LogP contribution in [0.5, 0.6) is 5.75 Å². The Hall–Kier alpha value is -4.06. The van der Waals surface area contributed by atoms with Crippen molar-refractivity contribution in [3.05, 3.63) is 89.6 Å². The van der Waals surface area contributed by atoms with Gasteiger partial charge in [0.1, 0.15) is 11.4 Å². The van der Waals surface area contributed by atoms with E-state index in [1.54, 1.807) is 31.4 Å².